The lowest BCUT2D eigenvalue weighted by Crippen LogP contribution is -2.42. The third-order valence-corrected chi connectivity index (χ3v) is 5.08. The first-order valence-electron chi connectivity index (χ1n) is 8.37. The molecule has 3 atom stereocenters. The van der Waals surface area contributed by atoms with Crippen molar-refractivity contribution in [2.24, 2.45) is 0 Å². The fourth-order valence-electron chi connectivity index (χ4n) is 3.48. The SMILES string of the molecule is CS(=O)(=O)O[C@H]([C@H](c1ccccc1)c1ccccc1F)[C@H]1CCCN1.Cl. The molecule has 1 heterocycles. The molecule has 0 spiro atoms. The Morgan fingerprint density at radius 3 is 2.35 bits per heavy atom. The molecular formula is C19H23ClFNO3S. The van der Waals surface area contributed by atoms with Gasteiger partial charge in [0.1, 0.15) is 11.9 Å². The maximum atomic E-state index is 14.6. The summed E-state index contributed by atoms with van der Waals surface area (Å²) in [6.07, 6.45) is 2.06. The van der Waals surface area contributed by atoms with Crippen LogP contribution in [0.2, 0.25) is 0 Å². The van der Waals surface area contributed by atoms with Crippen LogP contribution in [0.3, 0.4) is 0 Å². The molecule has 0 aromatic heterocycles. The molecule has 2 aromatic carbocycles. The van der Waals surface area contributed by atoms with E-state index < -0.39 is 22.1 Å². The highest BCUT2D eigenvalue weighted by Crippen LogP contribution is 2.35. The molecule has 26 heavy (non-hydrogen) atoms. The van der Waals surface area contributed by atoms with Gasteiger partial charge in [0.05, 0.1) is 6.26 Å². The average molecular weight is 400 g/mol. The molecule has 142 valence electrons. The predicted molar refractivity (Wildman–Crippen MR) is 103 cm³/mol. The van der Waals surface area contributed by atoms with E-state index in [1.165, 1.54) is 6.07 Å². The summed E-state index contributed by atoms with van der Waals surface area (Å²) in [4.78, 5) is 0. The molecule has 7 heteroatoms. The summed E-state index contributed by atoms with van der Waals surface area (Å²) in [7, 11) is -3.70. The molecule has 4 nitrogen and oxygen atoms in total. The van der Waals surface area contributed by atoms with E-state index in [9.17, 15) is 12.8 Å². The van der Waals surface area contributed by atoms with Gasteiger partial charge in [-0.1, -0.05) is 48.5 Å². The number of hydrogen-bond donors (Lipinski definition) is 1. The van der Waals surface area contributed by atoms with Crippen molar-refractivity contribution in [2.45, 2.75) is 30.9 Å². The summed E-state index contributed by atoms with van der Waals surface area (Å²) in [5.41, 5.74) is 1.27. The van der Waals surface area contributed by atoms with Gasteiger partial charge in [-0.15, -0.1) is 12.4 Å². The third kappa shape index (κ3) is 5.04. The Hall–Kier alpha value is -1.47. The fraction of sp³-hybridized carbons (Fsp3) is 0.368. The maximum Gasteiger partial charge on any atom is 0.264 e. The topological polar surface area (TPSA) is 55.4 Å². The van der Waals surface area contributed by atoms with Crippen LogP contribution in [0.1, 0.15) is 29.9 Å². The molecule has 1 N–H and O–H groups in total. The molecule has 1 aliphatic heterocycles. The Labute approximate surface area is 160 Å². The van der Waals surface area contributed by atoms with Gasteiger partial charge in [0.2, 0.25) is 0 Å². The molecule has 1 fully saturated rings. The number of hydrogen-bond acceptors (Lipinski definition) is 4. The average Bonchev–Trinajstić information content (AvgIpc) is 3.10. The van der Waals surface area contributed by atoms with E-state index in [0.717, 1.165) is 31.2 Å². The van der Waals surface area contributed by atoms with Gasteiger partial charge in [-0.25, -0.2) is 4.39 Å². The number of rotatable bonds is 6. The van der Waals surface area contributed by atoms with Crippen LogP contribution in [0.25, 0.3) is 0 Å². The molecule has 3 rings (SSSR count). The molecule has 1 saturated heterocycles. The summed E-state index contributed by atoms with van der Waals surface area (Å²) >= 11 is 0. The van der Waals surface area contributed by atoms with Gasteiger partial charge in [0, 0.05) is 12.0 Å². The van der Waals surface area contributed by atoms with Crippen LogP contribution < -0.4 is 5.32 Å². The van der Waals surface area contributed by atoms with E-state index in [-0.39, 0.29) is 24.3 Å². The van der Waals surface area contributed by atoms with Gasteiger partial charge in [-0.05, 0) is 36.6 Å². The lowest BCUT2D eigenvalue weighted by molar-refractivity contribution is 0.151. The van der Waals surface area contributed by atoms with Gasteiger partial charge >= 0.3 is 0 Å². The number of halogens is 2. The van der Waals surface area contributed by atoms with Gasteiger partial charge < -0.3 is 5.32 Å². The summed E-state index contributed by atoms with van der Waals surface area (Å²) in [6.45, 7) is 0.799. The summed E-state index contributed by atoms with van der Waals surface area (Å²) in [5.74, 6) is -0.885. The lowest BCUT2D eigenvalue weighted by atomic mass is 9.83. The van der Waals surface area contributed by atoms with Crippen molar-refractivity contribution < 1.29 is 17.0 Å². The minimum absolute atomic E-state index is 0. The normalized spacial score (nSPS) is 19.5. The van der Waals surface area contributed by atoms with Crippen molar-refractivity contribution in [3.8, 4) is 0 Å². The van der Waals surface area contributed by atoms with Crippen LogP contribution in [0, 0.1) is 5.82 Å². The van der Waals surface area contributed by atoms with Crippen molar-refractivity contribution in [3.05, 3.63) is 71.5 Å². The smallest absolute Gasteiger partial charge is 0.264 e. The Balaban J connectivity index is 0.00000243. The Morgan fingerprint density at radius 2 is 1.77 bits per heavy atom. The van der Waals surface area contributed by atoms with Gasteiger partial charge in [0.15, 0.2) is 0 Å². The lowest BCUT2D eigenvalue weighted by Gasteiger charge is -2.32. The second-order valence-electron chi connectivity index (χ2n) is 6.38. The second kappa shape index (κ2) is 8.95. The van der Waals surface area contributed by atoms with E-state index in [2.05, 4.69) is 5.32 Å². The number of nitrogens with one attached hydrogen (secondary N) is 1. The molecule has 1 aliphatic rings. The van der Waals surface area contributed by atoms with Crippen LogP contribution in [0.4, 0.5) is 4.39 Å². The fourth-order valence-corrected chi connectivity index (χ4v) is 4.13. The zero-order chi connectivity index (χ0) is 17.9. The van der Waals surface area contributed by atoms with Gasteiger partial charge in [-0.2, -0.15) is 8.42 Å². The zero-order valence-corrected chi connectivity index (χ0v) is 16.1. The highest BCUT2D eigenvalue weighted by atomic mass is 35.5. The first kappa shape index (κ1) is 20.8. The van der Waals surface area contributed by atoms with Crippen LogP contribution in [0.15, 0.2) is 54.6 Å². The van der Waals surface area contributed by atoms with Crippen molar-refractivity contribution in [3.63, 3.8) is 0 Å². The molecule has 0 radical (unpaired) electrons. The van der Waals surface area contributed by atoms with Crippen LogP contribution >= 0.6 is 12.4 Å². The second-order valence-corrected chi connectivity index (χ2v) is 7.98. The number of benzene rings is 2. The minimum Gasteiger partial charge on any atom is -0.311 e. The van der Waals surface area contributed by atoms with E-state index in [1.807, 2.05) is 30.3 Å². The largest absolute Gasteiger partial charge is 0.311 e. The summed E-state index contributed by atoms with van der Waals surface area (Å²) in [5, 5.41) is 3.31. The molecule has 2 aromatic rings. The highest BCUT2D eigenvalue weighted by Gasteiger charge is 2.37. The summed E-state index contributed by atoms with van der Waals surface area (Å²) in [6, 6.07) is 15.7. The first-order valence-corrected chi connectivity index (χ1v) is 10.2. The zero-order valence-electron chi connectivity index (χ0n) is 14.5. The molecule has 0 bridgehead atoms. The van der Waals surface area contributed by atoms with Crippen LogP contribution in [0.5, 0.6) is 0 Å². The first-order chi connectivity index (χ1) is 12.0. The van der Waals surface area contributed by atoms with Gasteiger partial charge in [0.25, 0.3) is 10.1 Å². The van der Waals surface area contributed by atoms with E-state index in [1.54, 1.807) is 18.2 Å². The van der Waals surface area contributed by atoms with Crippen molar-refractivity contribution in [2.75, 3.05) is 12.8 Å². The predicted octanol–water partition coefficient (Wildman–Crippen LogP) is 3.48. The van der Waals surface area contributed by atoms with Crippen molar-refractivity contribution in [1.29, 1.82) is 0 Å². The Morgan fingerprint density at radius 1 is 1.12 bits per heavy atom. The molecule has 0 amide bonds. The Kier molecular flexibility index (Phi) is 7.17. The standard InChI is InChI=1S/C19H22FNO3S.ClH/c1-25(22,23)24-19(17-12-7-13-21-17)18(14-8-3-2-4-9-14)15-10-5-6-11-16(15)20;/h2-6,8-11,17-19,21H,7,12-13H2,1H3;1H/t17-,18-,19+;/m1./s1. The minimum atomic E-state index is -3.70. The van der Waals surface area contributed by atoms with Crippen LogP contribution in [-0.4, -0.2) is 33.4 Å². The maximum absolute atomic E-state index is 14.6. The molecular weight excluding hydrogens is 377 g/mol. The third-order valence-electron chi connectivity index (χ3n) is 4.51. The van der Waals surface area contributed by atoms with Crippen molar-refractivity contribution >= 4 is 22.5 Å². The molecule has 0 saturated carbocycles. The molecule has 0 aliphatic carbocycles. The molecule has 0 unspecified atom stereocenters. The van der Waals surface area contributed by atoms with E-state index in [4.69, 9.17) is 4.18 Å². The summed E-state index contributed by atoms with van der Waals surface area (Å²) < 4.78 is 43.9. The Bertz CT molecular complexity index is 811. The van der Waals surface area contributed by atoms with E-state index >= 15 is 0 Å². The van der Waals surface area contributed by atoms with E-state index in [0.29, 0.717) is 5.56 Å². The quantitative estimate of drug-likeness (QED) is 0.755. The van der Waals surface area contributed by atoms with Crippen molar-refractivity contribution in [1.82, 2.24) is 5.32 Å². The highest BCUT2D eigenvalue weighted by molar-refractivity contribution is 7.86. The van der Waals surface area contributed by atoms with Gasteiger partial charge in [-0.3, -0.25) is 4.18 Å². The monoisotopic (exact) mass is 399 g/mol. The van der Waals surface area contributed by atoms with Crippen LogP contribution in [-0.2, 0) is 14.3 Å².